The number of benzene rings is 3. The summed E-state index contributed by atoms with van der Waals surface area (Å²) in [5.74, 6) is 0. The van der Waals surface area contributed by atoms with E-state index in [0.29, 0.717) is 0 Å². The molecule has 5 rings (SSSR count). The average molecular weight is 495 g/mol. The average Bonchev–Trinajstić information content (AvgIpc) is 3.58. The molecule has 0 N–H and O–H groups in total. The number of fused-ring (bicyclic) bond motifs is 2. The van der Waals surface area contributed by atoms with Crippen molar-refractivity contribution in [2.45, 2.75) is 0 Å². The Morgan fingerprint density at radius 2 is 0.833 bits per heavy atom. The number of nitriles is 4. The van der Waals surface area contributed by atoms with Gasteiger partial charge in [0.05, 0.1) is 0 Å². The Morgan fingerprint density at radius 1 is 0.500 bits per heavy atom. The smallest absolute Gasteiger partial charge is 0.131 e. The fourth-order valence-electron chi connectivity index (χ4n) is 4.25. The van der Waals surface area contributed by atoms with E-state index in [1.807, 2.05) is 72.8 Å². The van der Waals surface area contributed by atoms with Gasteiger partial charge in [0.2, 0.25) is 0 Å². The summed E-state index contributed by atoms with van der Waals surface area (Å²) < 4.78 is 0. The van der Waals surface area contributed by atoms with Crippen molar-refractivity contribution in [1.82, 2.24) is 0 Å². The fourth-order valence-corrected chi connectivity index (χ4v) is 6.30. The third-order valence-corrected chi connectivity index (χ3v) is 7.83. The van der Waals surface area contributed by atoms with E-state index in [9.17, 15) is 0 Å². The first-order valence-electron chi connectivity index (χ1n) is 10.8. The van der Waals surface area contributed by atoms with E-state index in [4.69, 9.17) is 21.0 Å². The van der Waals surface area contributed by atoms with Crippen molar-refractivity contribution >= 4 is 56.4 Å². The van der Waals surface area contributed by atoms with Gasteiger partial charge in [0.1, 0.15) is 35.4 Å². The van der Waals surface area contributed by atoms with Crippen molar-refractivity contribution in [3.63, 3.8) is 0 Å². The van der Waals surface area contributed by atoms with Crippen molar-refractivity contribution < 1.29 is 0 Å². The van der Waals surface area contributed by atoms with Gasteiger partial charge in [-0.25, -0.2) is 0 Å². The van der Waals surface area contributed by atoms with Crippen LogP contribution in [0.3, 0.4) is 0 Å². The van der Waals surface area contributed by atoms with Gasteiger partial charge in [-0.15, -0.1) is 22.7 Å². The highest BCUT2D eigenvalue weighted by atomic mass is 32.1. The van der Waals surface area contributed by atoms with Crippen LogP contribution in [0.25, 0.3) is 54.6 Å². The predicted molar refractivity (Wildman–Crippen MR) is 146 cm³/mol. The first kappa shape index (κ1) is 22.8. The molecule has 0 aliphatic rings. The molecular formula is C30H14N4S2. The molecule has 2 aromatic heterocycles. The Balaban J connectivity index is 1.78. The van der Waals surface area contributed by atoms with Crippen LogP contribution in [0.4, 0.5) is 0 Å². The van der Waals surface area contributed by atoms with E-state index < -0.39 is 0 Å². The second-order valence-electron chi connectivity index (χ2n) is 7.81. The molecule has 0 atom stereocenters. The second kappa shape index (κ2) is 9.71. The number of nitrogens with zero attached hydrogens (tertiary/aromatic N) is 4. The topological polar surface area (TPSA) is 95.2 Å². The standard InChI is InChI=1S/C30H14N4S2/c31-15-19(16-32)13-21-9-11-27(35-21)29-23-5-1-2-6-24(23)30(26-8-4-3-7-25(26)29)28-12-10-22(36-28)14-20(17-33)18-34/h1-14H. The zero-order chi connectivity index (χ0) is 25.1. The Hall–Kier alpha value is -4.98. The molecule has 0 amide bonds. The largest absolute Gasteiger partial charge is 0.192 e. The first-order valence-corrected chi connectivity index (χ1v) is 12.5. The molecule has 0 aliphatic heterocycles. The van der Waals surface area contributed by atoms with E-state index in [2.05, 4.69) is 24.3 Å². The SMILES string of the molecule is N#CC(C#N)=Cc1ccc(-c2c3ccccc3c(-c3ccc(C=C(C#N)C#N)s3)c3ccccc23)s1. The molecule has 6 heteroatoms. The summed E-state index contributed by atoms with van der Waals surface area (Å²) in [5.41, 5.74) is 2.37. The quantitative estimate of drug-likeness (QED) is 0.185. The van der Waals surface area contributed by atoms with Crippen molar-refractivity contribution in [3.8, 4) is 45.2 Å². The van der Waals surface area contributed by atoms with Gasteiger partial charge < -0.3 is 0 Å². The minimum atomic E-state index is 0.0759. The molecule has 0 unspecified atom stereocenters. The normalized spacial score (nSPS) is 10.1. The number of thiophene rings is 2. The summed E-state index contributed by atoms with van der Waals surface area (Å²) in [4.78, 5) is 3.80. The van der Waals surface area contributed by atoms with E-state index >= 15 is 0 Å². The zero-order valence-electron chi connectivity index (χ0n) is 18.7. The van der Waals surface area contributed by atoms with E-state index in [1.165, 1.54) is 0 Å². The molecule has 4 nitrogen and oxygen atoms in total. The summed E-state index contributed by atoms with van der Waals surface area (Å²) in [7, 11) is 0. The molecule has 36 heavy (non-hydrogen) atoms. The maximum Gasteiger partial charge on any atom is 0.131 e. The van der Waals surface area contributed by atoms with Crippen molar-refractivity contribution in [1.29, 1.82) is 21.0 Å². The number of allylic oxidation sites excluding steroid dienone is 2. The maximum atomic E-state index is 9.14. The molecule has 0 saturated carbocycles. The van der Waals surface area contributed by atoms with Gasteiger partial charge in [-0.05, 0) is 58.0 Å². The van der Waals surface area contributed by atoms with E-state index in [1.54, 1.807) is 34.8 Å². The number of rotatable bonds is 4. The van der Waals surface area contributed by atoms with Crippen LogP contribution in [-0.4, -0.2) is 0 Å². The zero-order valence-corrected chi connectivity index (χ0v) is 20.3. The summed E-state index contributed by atoms with van der Waals surface area (Å²) >= 11 is 3.09. The summed E-state index contributed by atoms with van der Waals surface area (Å²) in [6.45, 7) is 0. The molecule has 166 valence electrons. The molecule has 3 aromatic carbocycles. The highest BCUT2D eigenvalue weighted by Crippen LogP contribution is 2.46. The molecule has 2 heterocycles. The third-order valence-electron chi connectivity index (χ3n) is 5.73. The minimum absolute atomic E-state index is 0.0759. The van der Waals surface area contributed by atoms with Crippen LogP contribution in [0, 0.1) is 45.3 Å². The van der Waals surface area contributed by atoms with E-state index in [-0.39, 0.29) is 11.1 Å². The molecule has 0 spiro atoms. The van der Waals surface area contributed by atoms with Crippen molar-refractivity contribution in [2.75, 3.05) is 0 Å². The summed E-state index contributed by atoms with van der Waals surface area (Å²) in [6.07, 6.45) is 3.23. The lowest BCUT2D eigenvalue weighted by Crippen LogP contribution is -1.88. The minimum Gasteiger partial charge on any atom is -0.192 e. The van der Waals surface area contributed by atoms with Gasteiger partial charge in [0.25, 0.3) is 0 Å². The van der Waals surface area contributed by atoms with Crippen LogP contribution in [0.15, 0.2) is 83.9 Å². The molecule has 0 fully saturated rings. The summed E-state index contributed by atoms with van der Waals surface area (Å²) in [6, 6.07) is 32.2. The molecule has 5 aromatic rings. The van der Waals surface area contributed by atoms with Gasteiger partial charge >= 0.3 is 0 Å². The lowest BCUT2D eigenvalue weighted by atomic mass is 9.90. The molecule has 0 radical (unpaired) electrons. The predicted octanol–water partition coefficient (Wildman–Crippen LogP) is 8.31. The molecular weight excluding hydrogens is 480 g/mol. The van der Waals surface area contributed by atoms with Crippen molar-refractivity contribution in [3.05, 3.63) is 93.7 Å². The van der Waals surface area contributed by atoms with E-state index in [0.717, 1.165) is 52.2 Å². The van der Waals surface area contributed by atoms with Gasteiger partial charge in [0.15, 0.2) is 0 Å². The van der Waals surface area contributed by atoms with Crippen LogP contribution in [0.5, 0.6) is 0 Å². The van der Waals surface area contributed by atoms with Crippen LogP contribution in [-0.2, 0) is 0 Å². The van der Waals surface area contributed by atoms with Crippen LogP contribution in [0.1, 0.15) is 9.75 Å². The third kappa shape index (κ3) is 4.05. The Morgan fingerprint density at radius 3 is 1.14 bits per heavy atom. The van der Waals surface area contributed by atoms with Gasteiger partial charge in [-0.2, -0.15) is 21.0 Å². The maximum absolute atomic E-state index is 9.14. The van der Waals surface area contributed by atoms with Crippen molar-refractivity contribution in [2.24, 2.45) is 0 Å². The van der Waals surface area contributed by atoms with Gasteiger partial charge in [-0.3, -0.25) is 0 Å². The number of hydrogen-bond acceptors (Lipinski definition) is 6. The number of hydrogen-bond donors (Lipinski definition) is 0. The van der Waals surface area contributed by atoms with Crippen LogP contribution < -0.4 is 0 Å². The Labute approximate surface area is 215 Å². The molecule has 0 saturated heterocycles. The van der Waals surface area contributed by atoms with Crippen LogP contribution in [0.2, 0.25) is 0 Å². The molecule has 0 aliphatic carbocycles. The van der Waals surface area contributed by atoms with Crippen LogP contribution >= 0.6 is 22.7 Å². The monoisotopic (exact) mass is 494 g/mol. The highest BCUT2D eigenvalue weighted by molar-refractivity contribution is 7.17. The fraction of sp³-hybridized carbons (Fsp3) is 0. The first-order chi connectivity index (χ1) is 17.7. The van der Waals surface area contributed by atoms with Gasteiger partial charge in [0, 0.05) is 30.6 Å². The lowest BCUT2D eigenvalue weighted by molar-refractivity contribution is 1.47. The Kier molecular flexibility index (Phi) is 6.15. The van der Waals surface area contributed by atoms with Gasteiger partial charge in [-0.1, -0.05) is 48.5 Å². The summed E-state index contributed by atoms with van der Waals surface area (Å²) in [5, 5.41) is 41.0. The molecule has 0 bridgehead atoms. The Bertz CT molecular complexity index is 1660. The highest BCUT2D eigenvalue weighted by Gasteiger charge is 2.18. The second-order valence-corrected chi connectivity index (χ2v) is 10.0. The lowest BCUT2D eigenvalue weighted by Gasteiger charge is -2.15.